The summed E-state index contributed by atoms with van der Waals surface area (Å²) in [4.78, 5) is 40.7. The van der Waals surface area contributed by atoms with Crippen molar-refractivity contribution in [2.24, 2.45) is 5.92 Å². The van der Waals surface area contributed by atoms with Gasteiger partial charge in [-0.25, -0.2) is 9.69 Å². The van der Waals surface area contributed by atoms with Crippen molar-refractivity contribution in [3.05, 3.63) is 0 Å². The highest BCUT2D eigenvalue weighted by atomic mass is 16.2. The second kappa shape index (κ2) is 7.32. The van der Waals surface area contributed by atoms with Gasteiger partial charge in [-0.1, -0.05) is 26.7 Å². The van der Waals surface area contributed by atoms with Crippen molar-refractivity contribution in [1.29, 1.82) is 0 Å². The molecule has 2 unspecified atom stereocenters. The quantitative estimate of drug-likeness (QED) is 0.738. The van der Waals surface area contributed by atoms with E-state index < -0.39 is 5.54 Å². The molecule has 0 radical (unpaired) electrons. The Morgan fingerprint density at radius 2 is 2.04 bits per heavy atom. The van der Waals surface area contributed by atoms with Gasteiger partial charge in [0.25, 0.3) is 5.91 Å². The molecule has 0 aromatic rings. The minimum Gasteiger partial charge on any atom is -0.350 e. The fraction of sp³-hybridized carbons (Fsp3) is 0.833. The molecule has 25 heavy (non-hydrogen) atoms. The summed E-state index contributed by atoms with van der Waals surface area (Å²) in [7, 11) is 0. The topological polar surface area (TPSA) is 81.8 Å². The molecular formula is C18H32N4O3. The Morgan fingerprint density at radius 3 is 2.60 bits per heavy atom. The van der Waals surface area contributed by atoms with Crippen molar-refractivity contribution in [2.45, 2.75) is 71.4 Å². The molecule has 7 nitrogen and oxygen atoms in total. The zero-order valence-electron chi connectivity index (χ0n) is 16.1. The lowest BCUT2D eigenvalue weighted by Gasteiger charge is -2.37. The molecule has 0 aromatic heterocycles. The standard InChI is InChI=1S/C18H32N4O3/c1-6-21(11-14(23)19-17(3,4)5)12-22-15(24)18(20-16(22)25)10-8-7-9-13(18)2/h13H,6-12H2,1-5H3,(H,19,23)(H,20,25). The van der Waals surface area contributed by atoms with E-state index >= 15 is 0 Å². The van der Waals surface area contributed by atoms with Gasteiger partial charge in [0.05, 0.1) is 13.2 Å². The van der Waals surface area contributed by atoms with Crippen LogP contribution in [0.5, 0.6) is 0 Å². The molecule has 0 aromatic carbocycles. The number of rotatable bonds is 5. The first kappa shape index (κ1) is 19.7. The van der Waals surface area contributed by atoms with Crippen molar-refractivity contribution >= 4 is 17.8 Å². The highest BCUT2D eigenvalue weighted by molar-refractivity contribution is 6.07. The fourth-order valence-electron chi connectivity index (χ4n) is 3.75. The Balaban J connectivity index is 2.04. The van der Waals surface area contributed by atoms with Crippen LogP contribution in [0.1, 0.15) is 60.3 Å². The monoisotopic (exact) mass is 352 g/mol. The minimum atomic E-state index is -0.748. The predicted octanol–water partition coefficient (Wildman–Crippen LogP) is 1.68. The zero-order chi connectivity index (χ0) is 18.8. The molecule has 4 amide bonds. The van der Waals surface area contributed by atoms with Crippen LogP contribution in [0.15, 0.2) is 0 Å². The Bertz CT molecular complexity index is 543. The number of carbonyl (C=O) groups is 3. The lowest BCUT2D eigenvalue weighted by molar-refractivity contribution is -0.136. The molecule has 0 bridgehead atoms. The Morgan fingerprint density at radius 1 is 1.36 bits per heavy atom. The molecule has 2 fully saturated rings. The number of amides is 4. The molecule has 1 heterocycles. The molecule has 2 N–H and O–H groups in total. The fourth-order valence-corrected chi connectivity index (χ4v) is 3.75. The van der Waals surface area contributed by atoms with Crippen LogP contribution in [0.4, 0.5) is 4.79 Å². The van der Waals surface area contributed by atoms with Crippen LogP contribution in [-0.2, 0) is 9.59 Å². The average Bonchev–Trinajstić information content (AvgIpc) is 2.72. The molecule has 2 aliphatic rings. The number of nitrogens with zero attached hydrogens (tertiary/aromatic N) is 2. The minimum absolute atomic E-state index is 0.109. The van der Waals surface area contributed by atoms with E-state index in [9.17, 15) is 14.4 Å². The molecule has 1 aliphatic heterocycles. The van der Waals surface area contributed by atoms with Crippen LogP contribution in [0.2, 0.25) is 0 Å². The van der Waals surface area contributed by atoms with Gasteiger partial charge >= 0.3 is 6.03 Å². The number of imide groups is 1. The number of carbonyl (C=O) groups excluding carboxylic acids is 3. The maximum Gasteiger partial charge on any atom is 0.326 e. The van der Waals surface area contributed by atoms with E-state index in [4.69, 9.17) is 0 Å². The predicted molar refractivity (Wildman–Crippen MR) is 95.8 cm³/mol. The van der Waals surface area contributed by atoms with Gasteiger partial charge in [-0.15, -0.1) is 0 Å². The molecule has 1 aliphatic carbocycles. The normalized spacial score (nSPS) is 27.1. The van der Waals surface area contributed by atoms with Gasteiger partial charge in [-0.3, -0.25) is 14.5 Å². The number of hydrogen-bond acceptors (Lipinski definition) is 4. The second-order valence-electron chi connectivity index (χ2n) is 8.37. The number of hydrogen-bond donors (Lipinski definition) is 2. The third kappa shape index (κ3) is 4.32. The summed E-state index contributed by atoms with van der Waals surface area (Å²) in [5.41, 5.74) is -1.05. The summed E-state index contributed by atoms with van der Waals surface area (Å²) in [6.07, 6.45) is 3.70. The van der Waals surface area contributed by atoms with E-state index in [2.05, 4.69) is 10.6 Å². The first-order valence-electron chi connectivity index (χ1n) is 9.26. The third-order valence-electron chi connectivity index (χ3n) is 5.17. The van der Waals surface area contributed by atoms with Crippen molar-refractivity contribution in [3.63, 3.8) is 0 Å². The molecular weight excluding hydrogens is 320 g/mol. The summed E-state index contributed by atoms with van der Waals surface area (Å²) >= 11 is 0. The molecule has 1 saturated heterocycles. The van der Waals surface area contributed by atoms with Crippen LogP contribution in [0.3, 0.4) is 0 Å². The summed E-state index contributed by atoms with van der Waals surface area (Å²) in [5.74, 6) is -0.108. The van der Waals surface area contributed by atoms with Gasteiger partial charge in [-0.05, 0) is 46.1 Å². The first-order valence-corrected chi connectivity index (χ1v) is 9.26. The van der Waals surface area contributed by atoms with Crippen LogP contribution < -0.4 is 10.6 Å². The van der Waals surface area contributed by atoms with E-state index in [-0.39, 0.29) is 42.5 Å². The molecule has 2 atom stereocenters. The first-order chi connectivity index (χ1) is 11.6. The van der Waals surface area contributed by atoms with Gasteiger partial charge in [0.2, 0.25) is 5.91 Å². The largest absolute Gasteiger partial charge is 0.350 e. The lowest BCUT2D eigenvalue weighted by Crippen LogP contribution is -2.54. The van der Waals surface area contributed by atoms with Crippen LogP contribution in [-0.4, -0.2) is 58.5 Å². The molecule has 1 spiro atoms. The van der Waals surface area contributed by atoms with Crippen LogP contribution >= 0.6 is 0 Å². The summed E-state index contributed by atoms with van der Waals surface area (Å²) < 4.78 is 0. The van der Waals surface area contributed by atoms with Crippen molar-refractivity contribution in [2.75, 3.05) is 19.8 Å². The van der Waals surface area contributed by atoms with Gasteiger partial charge in [0.15, 0.2) is 0 Å². The second-order valence-corrected chi connectivity index (χ2v) is 8.37. The van der Waals surface area contributed by atoms with Crippen molar-refractivity contribution in [3.8, 4) is 0 Å². The van der Waals surface area contributed by atoms with E-state index in [1.165, 1.54) is 4.90 Å². The average molecular weight is 352 g/mol. The number of likely N-dealkylation sites (N-methyl/N-ethyl adjacent to an activating group) is 1. The third-order valence-corrected chi connectivity index (χ3v) is 5.17. The van der Waals surface area contributed by atoms with Gasteiger partial charge < -0.3 is 10.6 Å². The SMILES string of the molecule is CCN(CC(=O)NC(C)(C)C)CN1C(=O)NC2(CCCCC2C)C1=O. The summed E-state index contributed by atoms with van der Waals surface area (Å²) in [5, 5.41) is 5.86. The number of nitrogens with one attached hydrogen (secondary N) is 2. The van der Waals surface area contributed by atoms with Crippen molar-refractivity contribution < 1.29 is 14.4 Å². The highest BCUT2D eigenvalue weighted by Crippen LogP contribution is 2.38. The molecule has 7 heteroatoms. The van der Waals surface area contributed by atoms with Gasteiger partial charge in [0, 0.05) is 5.54 Å². The van der Waals surface area contributed by atoms with E-state index in [0.29, 0.717) is 13.0 Å². The van der Waals surface area contributed by atoms with E-state index in [0.717, 1.165) is 19.3 Å². The smallest absolute Gasteiger partial charge is 0.326 e. The Kier molecular flexibility index (Phi) is 5.76. The summed E-state index contributed by atoms with van der Waals surface area (Å²) in [6.45, 7) is 10.6. The summed E-state index contributed by atoms with van der Waals surface area (Å²) in [6, 6.07) is -0.339. The van der Waals surface area contributed by atoms with E-state index in [1.807, 2.05) is 39.5 Å². The Hall–Kier alpha value is -1.63. The zero-order valence-corrected chi connectivity index (χ0v) is 16.1. The van der Waals surface area contributed by atoms with Crippen LogP contribution in [0.25, 0.3) is 0 Å². The molecule has 142 valence electrons. The van der Waals surface area contributed by atoms with Crippen molar-refractivity contribution in [1.82, 2.24) is 20.4 Å². The van der Waals surface area contributed by atoms with Gasteiger partial charge in [-0.2, -0.15) is 0 Å². The molecule has 2 rings (SSSR count). The van der Waals surface area contributed by atoms with Crippen LogP contribution in [0, 0.1) is 5.92 Å². The molecule has 1 saturated carbocycles. The maximum atomic E-state index is 13.0. The Labute approximate surface area is 150 Å². The highest BCUT2D eigenvalue weighted by Gasteiger charge is 2.55. The lowest BCUT2D eigenvalue weighted by atomic mass is 9.73. The number of urea groups is 1. The van der Waals surface area contributed by atoms with Gasteiger partial charge in [0.1, 0.15) is 5.54 Å². The van der Waals surface area contributed by atoms with E-state index in [1.54, 1.807) is 0 Å². The maximum absolute atomic E-state index is 13.0.